The van der Waals surface area contributed by atoms with Crippen LogP contribution in [-0.2, 0) is 12.8 Å². The maximum absolute atomic E-state index is 6.23. The molecular formula is C18H23ClN2. The molecule has 2 aromatic rings. The Kier molecular flexibility index (Phi) is 6.74. The minimum Gasteiger partial charge on any atom is -0.327 e. The van der Waals surface area contributed by atoms with Crippen LogP contribution >= 0.6 is 11.8 Å². The minimum atomic E-state index is 0.177. The molecule has 0 saturated carbocycles. The summed E-state index contributed by atoms with van der Waals surface area (Å²) in [6.45, 7) is 0. The Balaban J connectivity index is 1.77. The quantitative estimate of drug-likeness (QED) is 0.730. The van der Waals surface area contributed by atoms with Crippen LogP contribution in [0.1, 0.15) is 24.0 Å². The highest BCUT2D eigenvalue weighted by Gasteiger charge is 2.11. The Hall–Kier alpha value is -1.35. The summed E-state index contributed by atoms with van der Waals surface area (Å²) in [5, 5.41) is 0. The summed E-state index contributed by atoms with van der Waals surface area (Å²) >= 11 is 5.87. The van der Waals surface area contributed by atoms with Crippen molar-refractivity contribution in [1.29, 1.82) is 0 Å². The van der Waals surface area contributed by atoms with Crippen molar-refractivity contribution in [2.24, 2.45) is 5.73 Å². The van der Waals surface area contributed by atoms with Crippen LogP contribution in [-0.4, -0.2) is 12.1 Å². The predicted molar refractivity (Wildman–Crippen MR) is 90.3 cm³/mol. The Morgan fingerprint density at radius 3 is 1.86 bits per heavy atom. The van der Waals surface area contributed by atoms with Crippen LogP contribution in [0.5, 0.6) is 0 Å². The molecule has 0 bridgehead atoms. The number of halogens is 1. The van der Waals surface area contributed by atoms with Gasteiger partial charge in [0.25, 0.3) is 0 Å². The van der Waals surface area contributed by atoms with Gasteiger partial charge in [-0.15, -0.1) is 0 Å². The minimum absolute atomic E-state index is 0.177. The van der Waals surface area contributed by atoms with E-state index in [0.29, 0.717) is 0 Å². The van der Waals surface area contributed by atoms with Crippen LogP contribution in [0.15, 0.2) is 60.7 Å². The van der Waals surface area contributed by atoms with Crippen LogP contribution in [0.2, 0.25) is 0 Å². The Morgan fingerprint density at radius 2 is 1.33 bits per heavy atom. The number of nitrogens with one attached hydrogen (secondary N) is 1. The van der Waals surface area contributed by atoms with Gasteiger partial charge in [0.2, 0.25) is 0 Å². The second-order valence-corrected chi connectivity index (χ2v) is 5.74. The average Bonchev–Trinajstić information content (AvgIpc) is 2.53. The van der Waals surface area contributed by atoms with E-state index in [4.69, 9.17) is 17.5 Å². The third-order valence-electron chi connectivity index (χ3n) is 3.71. The van der Waals surface area contributed by atoms with Gasteiger partial charge in [-0.3, -0.25) is 0 Å². The molecule has 21 heavy (non-hydrogen) atoms. The van der Waals surface area contributed by atoms with E-state index in [1.54, 1.807) is 0 Å². The van der Waals surface area contributed by atoms with Crippen molar-refractivity contribution in [2.45, 2.75) is 37.8 Å². The predicted octanol–water partition coefficient (Wildman–Crippen LogP) is 3.69. The Bertz CT molecular complexity index is 501. The molecule has 3 heteroatoms. The van der Waals surface area contributed by atoms with Crippen LogP contribution in [0.25, 0.3) is 0 Å². The van der Waals surface area contributed by atoms with E-state index in [-0.39, 0.29) is 12.1 Å². The fourth-order valence-corrected chi connectivity index (χ4v) is 2.71. The lowest BCUT2D eigenvalue weighted by molar-refractivity contribution is 0.494. The summed E-state index contributed by atoms with van der Waals surface area (Å²) < 4.78 is 0. The largest absolute Gasteiger partial charge is 0.327 e. The molecule has 112 valence electrons. The zero-order valence-corrected chi connectivity index (χ0v) is 13.0. The molecule has 0 radical (unpaired) electrons. The van der Waals surface area contributed by atoms with E-state index in [9.17, 15) is 0 Å². The van der Waals surface area contributed by atoms with Gasteiger partial charge in [0.15, 0.2) is 0 Å². The molecule has 0 aliphatic carbocycles. The lowest BCUT2D eigenvalue weighted by Crippen LogP contribution is -2.29. The molecule has 2 rings (SSSR count). The molecule has 2 aromatic carbocycles. The summed E-state index contributed by atoms with van der Waals surface area (Å²) in [5.74, 6) is 0. The summed E-state index contributed by atoms with van der Waals surface area (Å²) in [6.07, 6.45) is 3.79. The molecule has 2 nitrogen and oxygen atoms in total. The molecule has 0 aliphatic rings. The highest BCUT2D eigenvalue weighted by Crippen LogP contribution is 2.11. The molecule has 0 fully saturated rings. The highest BCUT2D eigenvalue weighted by atomic mass is 35.5. The van der Waals surface area contributed by atoms with Gasteiger partial charge >= 0.3 is 0 Å². The molecular weight excluding hydrogens is 280 g/mol. The SMILES string of the molecule is N[C@H](CC[C@H](Cc1ccccc1)NCl)Cc1ccccc1. The van der Waals surface area contributed by atoms with E-state index >= 15 is 0 Å². The van der Waals surface area contributed by atoms with E-state index in [2.05, 4.69) is 53.4 Å². The van der Waals surface area contributed by atoms with Gasteiger partial charge in [0, 0.05) is 12.1 Å². The number of rotatable bonds is 8. The fraction of sp³-hybridized carbons (Fsp3) is 0.333. The topological polar surface area (TPSA) is 38.0 Å². The van der Waals surface area contributed by atoms with Gasteiger partial charge in [0.1, 0.15) is 0 Å². The summed E-state index contributed by atoms with van der Waals surface area (Å²) in [5.41, 5.74) is 8.82. The maximum Gasteiger partial charge on any atom is 0.0261 e. The zero-order chi connectivity index (χ0) is 14.9. The first-order valence-electron chi connectivity index (χ1n) is 7.47. The summed E-state index contributed by atoms with van der Waals surface area (Å²) in [7, 11) is 0. The third-order valence-corrected chi connectivity index (χ3v) is 4.01. The Labute approximate surface area is 132 Å². The molecule has 0 amide bonds. The molecule has 3 N–H and O–H groups in total. The van der Waals surface area contributed by atoms with Crippen molar-refractivity contribution in [3.8, 4) is 0 Å². The van der Waals surface area contributed by atoms with Gasteiger partial charge in [-0.1, -0.05) is 60.7 Å². The first-order valence-corrected chi connectivity index (χ1v) is 7.85. The van der Waals surface area contributed by atoms with Gasteiger partial charge in [-0.2, -0.15) is 0 Å². The zero-order valence-electron chi connectivity index (χ0n) is 12.2. The van der Waals surface area contributed by atoms with Crippen molar-refractivity contribution < 1.29 is 0 Å². The fourth-order valence-electron chi connectivity index (χ4n) is 2.53. The summed E-state index contributed by atoms with van der Waals surface area (Å²) in [4.78, 5) is 2.89. The van der Waals surface area contributed by atoms with E-state index < -0.39 is 0 Å². The monoisotopic (exact) mass is 302 g/mol. The van der Waals surface area contributed by atoms with Gasteiger partial charge < -0.3 is 5.73 Å². The number of benzene rings is 2. The summed E-state index contributed by atoms with van der Waals surface area (Å²) in [6, 6.07) is 21.2. The van der Waals surface area contributed by atoms with Crippen LogP contribution in [0.4, 0.5) is 0 Å². The van der Waals surface area contributed by atoms with Gasteiger partial charge in [0.05, 0.1) is 0 Å². The number of hydrogen-bond acceptors (Lipinski definition) is 2. The molecule has 0 spiro atoms. The molecule has 0 aliphatic heterocycles. The molecule has 2 atom stereocenters. The lowest BCUT2D eigenvalue weighted by Gasteiger charge is -2.18. The van der Waals surface area contributed by atoms with Crippen LogP contribution in [0.3, 0.4) is 0 Å². The smallest absolute Gasteiger partial charge is 0.0261 e. The van der Waals surface area contributed by atoms with Crippen LogP contribution < -0.4 is 10.6 Å². The average molecular weight is 303 g/mol. The van der Waals surface area contributed by atoms with Crippen molar-refractivity contribution in [1.82, 2.24) is 4.84 Å². The van der Waals surface area contributed by atoms with E-state index in [1.807, 2.05) is 12.1 Å². The Morgan fingerprint density at radius 1 is 0.810 bits per heavy atom. The maximum atomic E-state index is 6.23. The number of hydrogen-bond donors (Lipinski definition) is 2. The number of nitrogens with two attached hydrogens (primary N) is 1. The first-order chi connectivity index (χ1) is 10.3. The van der Waals surface area contributed by atoms with Crippen LogP contribution in [0, 0.1) is 0 Å². The molecule has 0 aromatic heterocycles. The van der Waals surface area contributed by atoms with E-state index in [1.165, 1.54) is 11.1 Å². The normalized spacial score (nSPS) is 13.8. The first kappa shape index (κ1) is 16.0. The standard InChI is InChI=1S/C18H23ClN2/c19-21-18(14-16-9-5-2-6-10-16)12-11-17(20)13-15-7-3-1-4-8-15/h1-10,17-18,21H,11-14,20H2/t17-,18-/m1/s1. The lowest BCUT2D eigenvalue weighted by atomic mass is 9.97. The van der Waals surface area contributed by atoms with Crippen molar-refractivity contribution >= 4 is 11.8 Å². The molecule has 0 heterocycles. The molecule has 0 unspecified atom stereocenters. The van der Waals surface area contributed by atoms with Crippen molar-refractivity contribution in [2.75, 3.05) is 0 Å². The second-order valence-electron chi connectivity index (χ2n) is 5.52. The molecule has 0 saturated heterocycles. The highest BCUT2D eigenvalue weighted by molar-refractivity contribution is 6.13. The van der Waals surface area contributed by atoms with E-state index in [0.717, 1.165) is 25.7 Å². The third kappa shape index (κ3) is 5.88. The van der Waals surface area contributed by atoms with Crippen molar-refractivity contribution in [3.63, 3.8) is 0 Å². The van der Waals surface area contributed by atoms with Crippen molar-refractivity contribution in [3.05, 3.63) is 71.8 Å². The van der Waals surface area contributed by atoms with Gasteiger partial charge in [-0.25, -0.2) is 4.84 Å². The second kappa shape index (κ2) is 8.83. The van der Waals surface area contributed by atoms with Gasteiger partial charge in [-0.05, 0) is 48.6 Å².